The summed E-state index contributed by atoms with van der Waals surface area (Å²) in [7, 11) is 1.21. The second kappa shape index (κ2) is 9.56. The molecule has 1 N–H and O–H groups in total. The number of carbonyl (C=O) groups is 4. The molecule has 0 spiro atoms. The standard InChI is InChI=1S/C21H19ClN2O8/c1-4-30-17-9-12(7-14(22)18(17)31-11(2)25)8-15-19(26)24(21(28)23-15)10-13-5-6-16(32-13)20(27)29-3/h5-9H,4,10H2,1-3H3,(H,23,28)/b15-8-. The minimum absolute atomic E-state index is 0.00602. The number of carbonyl (C=O) groups excluding carboxylic acids is 4. The molecule has 2 heterocycles. The lowest BCUT2D eigenvalue weighted by atomic mass is 10.1. The van der Waals surface area contributed by atoms with E-state index >= 15 is 0 Å². The molecule has 1 aliphatic heterocycles. The number of amides is 3. The van der Waals surface area contributed by atoms with Crippen LogP contribution in [0.3, 0.4) is 0 Å². The van der Waals surface area contributed by atoms with Gasteiger partial charge in [0.15, 0.2) is 11.5 Å². The Morgan fingerprint density at radius 2 is 2.00 bits per heavy atom. The summed E-state index contributed by atoms with van der Waals surface area (Å²) in [4.78, 5) is 48.8. The zero-order valence-corrected chi connectivity index (χ0v) is 18.1. The highest BCUT2D eigenvalue weighted by Gasteiger charge is 2.34. The molecule has 0 unspecified atom stereocenters. The third-order valence-electron chi connectivity index (χ3n) is 4.21. The van der Waals surface area contributed by atoms with Gasteiger partial charge in [0.25, 0.3) is 5.91 Å². The summed E-state index contributed by atoms with van der Waals surface area (Å²) in [6.07, 6.45) is 1.41. The predicted molar refractivity (Wildman–Crippen MR) is 111 cm³/mol. The molecule has 0 radical (unpaired) electrons. The van der Waals surface area contributed by atoms with E-state index in [2.05, 4.69) is 10.1 Å². The molecule has 1 aliphatic rings. The highest BCUT2D eigenvalue weighted by molar-refractivity contribution is 6.32. The molecule has 1 aromatic heterocycles. The lowest BCUT2D eigenvalue weighted by Gasteiger charge is -2.12. The van der Waals surface area contributed by atoms with Crippen molar-refractivity contribution >= 4 is 41.6 Å². The Kier molecular flexibility index (Phi) is 6.84. The quantitative estimate of drug-likeness (QED) is 0.288. The van der Waals surface area contributed by atoms with E-state index in [1.807, 2.05) is 0 Å². The second-order valence-electron chi connectivity index (χ2n) is 6.49. The fraction of sp³-hybridized carbons (Fsp3) is 0.238. The third-order valence-corrected chi connectivity index (χ3v) is 4.49. The number of nitrogens with one attached hydrogen (secondary N) is 1. The lowest BCUT2D eigenvalue weighted by molar-refractivity contribution is -0.132. The van der Waals surface area contributed by atoms with Crippen molar-refractivity contribution in [3.63, 3.8) is 0 Å². The Morgan fingerprint density at radius 1 is 1.25 bits per heavy atom. The third kappa shape index (κ3) is 4.92. The van der Waals surface area contributed by atoms with Crippen LogP contribution in [0.15, 0.2) is 34.4 Å². The van der Waals surface area contributed by atoms with Crippen molar-refractivity contribution in [2.24, 2.45) is 0 Å². The van der Waals surface area contributed by atoms with E-state index < -0.39 is 23.9 Å². The largest absolute Gasteiger partial charge is 0.490 e. The van der Waals surface area contributed by atoms with Gasteiger partial charge in [-0.15, -0.1) is 0 Å². The predicted octanol–water partition coefficient (Wildman–Crippen LogP) is 3.14. The van der Waals surface area contributed by atoms with Crippen molar-refractivity contribution in [2.75, 3.05) is 13.7 Å². The summed E-state index contributed by atoms with van der Waals surface area (Å²) < 4.78 is 20.4. The van der Waals surface area contributed by atoms with E-state index in [0.29, 0.717) is 5.56 Å². The first-order chi connectivity index (χ1) is 15.2. The molecule has 0 atom stereocenters. The average Bonchev–Trinajstić information content (AvgIpc) is 3.30. The first-order valence-electron chi connectivity index (χ1n) is 9.39. The summed E-state index contributed by atoms with van der Waals surface area (Å²) in [5.41, 5.74) is 0.430. The van der Waals surface area contributed by atoms with E-state index in [-0.39, 0.29) is 46.9 Å². The Bertz CT molecular complexity index is 1120. The number of hydrogen-bond donors (Lipinski definition) is 1. The number of furan rings is 1. The highest BCUT2D eigenvalue weighted by Crippen LogP contribution is 2.37. The number of esters is 2. The van der Waals surface area contributed by atoms with Crippen molar-refractivity contribution in [3.8, 4) is 11.5 Å². The van der Waals surface area contributed by atoms with Gasteiger partial charge in [-0.3, -0.25) is 14.5 Å². The van der Waals surface area contributed by atoms with Crippen LogP contribution in [0, 0.1) is 0 Å². The first-order valence-corrected chi connectivity index (χ1v) is 9.77. The zero-order chi connectivity index (χ0) is 23.4. The molecule has 0 saturated carbocycles. The molecular weight excluding hydrogens is 444 g/mol. The molecule has 0 bridgehead atoms. The van der Waals surface area contributed by atoms with Gasteiger partial charge in [-0.2, -0.15) is 0 Å². The van der Waals surface area contributed by atoms with Gasteiger partial charge in [0, 0.05) is 6.92 Å². The van der Waals surface area contributed by atoms with Crippen molar-refractivity contribution < 1.29 is 37.8 Å². The van der Waals surface area contributed by atoms with Gasteiger partial charge < -0.3 is 23.9 Å². The summed E-state index contributed by atoms with van der Waals surface area (Å²) >= 11 is 6.22. The van der Waals surface area contributed by atoms with Crippen LogP contribution in [-0.4, -0.2) is 42.5 Å². The van der Waals surface area contributed by atoms with E-state index in [0.717, 1.165) is 4.90 Å². The van der Waals surface area contributed by atoms with Gasteiger partial charge in [-0.25, -0.2) is 9.59 Å². The molecule has 3 rings (SSSR count). The Balaban J connectivity index is 1.84. The number of imide groups is 1. The van der Waals surface area contributed by atoms with Crippen LogP contribution in [0.2, 0.25) is 5.02 Å². The SMILES string of the molecule is CCOc1cc(/C=C2\NC(=O)N(Cc3ccc(C(=O)OC)o3)C2=O)cc(Cl)c1OC(C)=O. The van der Waals surface area contributed by atoms with E-state index in [1.54, 1.807) is 6.92 Å². The van der Waals surface area contributed by atoms with Crippen molar-refractivity contribution in [1.29, 1.82) is 0 Å². The van der Waals surface area contributed by atoms with Gasteiger partial charge >= 0.3 is 18.0 Å². The summed E-state index contributed by atoms with van der Waals surface area (Å²) in [6.45, 7) is 3.08. The second-order valence-corrected chi connectivity index (χ2v) is 6.90. The van der Waals surface area contributed by atoms with E-state index in [9.17, 15) is 19.2 Å². The highest BCUT2D eigenvalue weighted by atomic mass is 35.5. The first kappa shape index (κ1) is 22.9. The maximum atomic E-state index is 12.7. The summed E-state index contributed by atoms with van der Waals surface area (Å²) in [5.74, 6) is -1.40. The Labute approximate surface area is 187 Å². The number of urea groups is 1. The number of benzene rings is 1. The number of methoxy groups -OCH3 is 1. The van der Waals surface area contributed by atoms with Crippen LogP contribution in [-0.2, 0) is 20.9 Å². The van der Waals surface area contributed by atoms with Crippen molar-refractivity contribution in [3.05, 3.63) is 52.1 Å². The molecule has 0 aliphatic carbocycles. The minimum Gasteiger partial charge on any atom is -0.490 e. The van der Waals surface area contributed by atoms with Crippen LogP contribution in [0.4, 0.5) is 4.79 Å². The van der Waals surface area contributed by atoms with Gasteiger partial charge in [-0.1, -0.05) is 11.6 Å². The molecule has 168 valence electrons. The van der Waals surface area contributed by atoms with Gasteiger partial charge in [0.05, 0.1) is 25.3 Å². The molecule has 3 amide bonds. The van der Waals surface area contributed by atoms with Crippen molar-refractivity contribution in [1.82, 2.24) is 10.2 Å². The molecule has 1 saturated heterocycles. The summed E-state index contributed by atoms with van der Waals surface area (Å²) in [6, 6.07) is 5.18. The number of halogens is 1. The molecule has 10 nitrogen and oxygen atoms in total. The van der Waals surface area contributed by atoms with E-state index in [1.165, 1.54) is 44.4 Å². The molecule has 1 fully saturated rings. The van der Waals surface area contributed by atoms with Gasteiger partial charge in [0.2, 0.25) is 5.76 Å². The maximum Gasteiger partial charge on any atom is 0.373 e. The van der Waals surface area contributed by atoms with Crippen LogP contribution in [0.25, 0.3) is 6.08 Å². The fourth-order valence-corrected chi connectivity index (χ4v) is 3.15. The monoisotopic (exact) mass is 462 g/mol. The lowest BCUT2D eigenvalue weighted by Crippen LogP contribution is -2.30. The summed E-state index contributed by atoms with van der Waals surface area (Å²) in [5, 5.41) is 2.57. The maximum absolute atomic E-state index is 12.7. The van der Waals surface area contributed by atoms with Crippen LogP contribution in [0.1, 0.15) is 35.7 Å². The van der Waals surface area contributed by atoms with Gasteiger partial charge in [-0.05, 0) is 42.8 Å². The Hall–Kier alpha value is -3.79. The number of rotatable bonds is 7. The molecule has 11 heteroatoms. The average molecular weight is 463 g/mol. The number of hydrogen-bond acceptors (Lipinski definition) is 8. The molecule has 2 aromatic rings. The Morgan fingerprint density at radius 3 is 2.66 bits per heavy atom. The normalized spacial score (nSPS) is 14.5. The smallest absolute Gasteiger partial charge is 0.373 e. The molecule has 1 aromatic carbocycles. The topological polar surface area (TPSA) is 124 Å². The van der Waals surface area contributed by atoms with Crippen LogP contribution >= 0.6 is 11.6 Å². The molecule has 32 heavy (non-hydrogen) atoms. The van der Waals surface area contributed by atoms with Crippen LogP contribution in [0.5, 0.6) is 11.5 Å². The van der Waals surface area contributed by atoms with E-state index in [4.69, 9.17) is 25.5 Å². The van der Waals surface area contributed by atoms with Crippen molar-refractivity contribution in [2.45, 2.75) is 20.4 Å². The molecular formula is C21H19ClN2O8. The fourth-order valence-electron chi connectivity index (χ4n) is 2.89. The van der Waals surface area contributed by atoms with Gasteiger partial charge in [0.1, 0.15) is 11.5 Å². The number of nitrogens with zero attached hydrogens (tertiary/aromatic N) is 1. The zero-order valence-electron chi connectivity index (χ0n) is 17.4. The number of ether oxygens (including phenoxy) is 3. The minimum atomic E-state index is -0.673. The van der Waals surface area contributed by atoms with Crippen LogP contribution < -0.4 is 14.8 Å².